The molecule has 4 nitrogen and oxygen atoms in total. The monoisotopic (exact) mass is 298 g/mol. The molecule has 0 aromatic rings. The van der Waals surface area contributed by atoms with Crippen molar-refractivity contribution in [2.24, 2.45) is 23.5 Å². The molecular weight excluding hydrogens is 264 g/mol. The summed E-state index contributed by atoms with van der Waals surface area (Å²) in [5, 5.41) is 8.81. The van der Waals surface area contributed by atoms with Crippen LogP contribution >= 0.6 is 0 Å². The lowest BCUT2D eigenvalue weighted by molar-refractivity contribution is -0.0124. The number of hydrogen-bond donors (Lipinski definition) is 2. The smallest absolute Gasteiger partial charge is 0.0701 e. The van der Waals surface area contributed by atoms with Crippen molar-refractivity contribution in [1.82, 2.24) is 4.90 Å². The minimum absolute atomic E-state index is 0.133. The predicted octanol–water partition coefficient (Wildman–Crippen LogP) is 1.86. The van der Waals surface area contributed by atoms with Gasteiger partial charge in [-0.05, 0) is 49.9 Å². The highest BCUT2D eigenvalue weighted by Gasteiger charge is 2.31. The van der Waals surface area contributed by atoms with Crippen molar-refractivity contribution < 1.29 is 9.84 Å². The quantitative estimate of drug-likeness (QED) is 0.786. The van der Waals surface area contributed by atoms with E-state index in [2.05, 4.69) is 18.7 Å². The molecule has 1 saturated carbocycles. The molecule has 124 valence electrons. The van der Waals surface area contributed by atoms with E-state index in [1.165, 1.54) is 19.3 Å². The first-order valence-electron chi connectivity index (χ1n) is 8.80. The van der Waals surface area contributed by atoms with Crippen LogP contribution in [0.1, 0.15) is 46.0 Å². The van der Waals surface area contributed by atoms with Crippen LogP contribution in [0.4, 0.5) is 0 Å². The van der Waals surface area contributed by atoms with Gasteiger partial charge in [-0.25, -0.2) is 0 Å². The molecule has 0 radical (unpaired) electrons. The zero-order valence-corrected chi connectivity index (χ0v) is 13.8. The molecule has 1 aliphatic heterocycles. The van der Waals surface area contributed by atoms with E-state index in [-0.39, 0.29) is 6.61 Å². The highest BCUT2D eigenvalue weighted by molar-refractivity contribution is 4.86. The predicted molar refractivity (Wildman–Crippen MR) is 86.1 cm³/mol. The number of rotatable bonds is 6. The van der Waals surface area contributed by atoms with E-state index in [4.69, 9.17) is 15.6 Å². The Kier molecular flexibility index (Phi) is 6.93. The Morgan fingerprint density at radius 1 is 1.19 bits per heavy atom. The van der Waals surface area contributed by atoms with Crippen LogP contribution in [0.5, 0.6) is 0 Å². The molecule has 1 aliphatic carbocycles. The largest absolute Gasteiger partial charge is 0.394 e. The molecule has 0 bridgehead atoms. The second kappa shape index (κ2) is 8.47. The summed E-state index contributed by atoms with van der Waals surface area (Å²) in [6.07, 6.45) is 6.35. The number of piperidine rings is 1. The third-order valence-electron chi connectivity index (χ3n) is 5.50. The molecule has 1 saturated heterocycles. The van der Waals surface area contributed by atoms with Crippen LogP contribution in [-0.4, -0.2) is 55.0 Å². The van der Waals surface area contributed by atoms with Gasteiger partial charge in [-0.15, -0.1) is 0 Å². The van der Waals surface area contributed by atoms with Crippen LogP contribution in [-0.2, 0) is 4.74 Å². The van der Waals surface area contributed by atoms with Gasteiger partial charge in [0.05, 0.1) is 19.3 Å². The topological polar surface area (TPSA) is 58.7 Å². The third-order valence-corrected chi connectivity index (χ3v) is 5.50. The van der Waals surface area contributed by atoms with Crippen LogP contribution in [0.2, 0.25) is 0 Å². The number of nitrogens with zero attached hydrogens (tertiary/aromatic N) is 1. The SMILES string of the molecule is CC(C)C1CCC(N)C(CN2CCC(OCCO)CC2)C1. The summed E-state index contributed by atoms with van der Waals surface area (Å²) in [5.41, 5.74) is 6.37. The Balaban J connectivity index is 1.74. The summed E-state index contributed by atoms with van der Waals surface area (Å²) in [6.45, 7) is 8.71. The molecule has 3 unspecified atom stereocenters. The molecule has 0 aromatic heterocycles. The first-order valence-corrected chi connectivity index (χ1v) is 8.80. The second-order valence-corrected chi connectivity index (χ2v) is 7.34. The van der Waals surface area contributed by atoms with Crippen LogP contribution in [0.25, 0.3) is 0 Å². The normalized spacial score (nSPS) is 32.7. The molecule has 2 rings (SSSR count). The fraction of sp³-hybridized carbons (Fsp3) is 1.00. The van der Waals surface area contributed by atoms with Crippen LogP contribution in [0, 0.1) is 17.8 Å². The van der Waals surface area contributed by atoms with Crippen molar-refractivity contribution in [3.05, 3.63) is 0 Å². The molecule has 2 fully saturated rings. The number of aliphatic hydroxyl groups is 1. The lowest BCUT2D eigenvalue weighted by Crippen LogP contribution is -2.46. The van der Waals surface area contributed by atoms with Gasteiger partial charge in [0.15, 0.2) is 0 Å². The molecule has 4 heteroatoms. The summed E-state index contributed by atoms with van der Waals surface area (Å²) >= 11 is 0. The summed E-state index contributed by atoms with van der Waals surface area (Å²) in [5.74, 6) is 2.32. The number of aliphatic hydroxyl groups excluding tert-OH is 1. The van der Waals surface area contributed by atoms with E-state index in [0.29, 0.717) is 24.7 Å². The number of likely N-dealkylation sites (tertiary alicyclic amines) is 1. The van der Waals surface area contributed by atoms with Crippen molar-refractivity contribution in [3.8, 4) is 0 Å². The van der Waals surface area contributed by atoms with Crippen LogP contribution in [0.15, 0.2) is 0 Å². The molecule has 2 aliphatic rings. The molecule has 1 heterocycles. The molecule has 0 spiro atoms. The fourth-order valence-corrected chi connectivity index (χ4v) is 3.95. The molecule has 21 heavy (non-hydrogen) atoms. The van der Waals surface area contributed by atoms with Gasteiger partial charge >= 0.3 is 0 Å². The standard InChI is InChI=1S/C17H34N2O2/c1-13(2)14-3-4-17(18)15(11-14)12-19-7-5-16(6-8-19)21-10-9-20/h13-17,20H,3-12,18H2,1-2H3. The fourth-order valence-electron chi connectivity index (χ4n) is 3.95. The Bertz CT molecular complexity index is 291. The van der Waals surface area contributed by atoms with Crippen molar-refractivity contribution in [2.75, 3.05) is 32.8 Å². The van der Waals surface area contributed by atoms with Gasteiger partial charge in [0.1, 0.15) is 0 Å². The van der Waals surface area contributed by atoms with Gasteiger partial charge in [-0.1, -0.05) is 13.8 Å². The second-order valence-electron chi connectivity index (χ2n) is 7.34. The maximum absolute atomic E-state index is 8.81. The van der Waals surface area contributed by atoms with E-state index >= 15 is 0 Å². The van der Waals surface area contributed by atoms with Gasteiger partial charge in [0.25, 0.3) is 0 Å². The minimum atomic E-state index is 0.133. The first-order chi connectivity index (χ1) is 10.1. The number of ether oxygens (including phenoxy) is 1. The summed E-state index contributed by atoms with van der Waals surface area (Å²) < 4.78 is 5.64. The van der Waals surface area contributed by atoms with Crippen molar-refractivity contribution in [2.45, 2.75) is 58.1 Å². The van der Waals surface area contributed by atoms with E-state index < -0.39 is 0 Å². The van der Waals surface area contributed by atoms with Crippen LogP contribution < -0.4 is 5.73 Å². The van der Waals surface area contributed by atoms with Crippen LogP contribution in [0.3, 0.4) is 0 Å². The summed E-state index contributed by atoms with van der Waals surface area (Å²) in [6, 6.07) is 0.392. The third kappa shape index (κ3) is 5.20. The van der Waals surface area contributed by atoms with E-state index in [1.807, 2.05) is 0 Å². The Hall–Kier alpha value is -0.160. The van der Waals surface area contributed by atoms with Gasteiger partial charge < -0.3 is 20.5 Å². The maximum atomic E-state index is 8.81. The lowest BCUT2D eigenvalue weighted by Gasteiger charge is -2.40. The summed E-state index contributed by atoms with van der Waals surface area (Å²) in [4.78, 5) is 2.58. The Morgan fingerprint density at radius 2 is 1.90 bits per heavy atom. The highest BCUT2D eigenvalue weighted by atomic mass is 16.5. The van der Waals surface area contributed by atoms with Gasteiger partial charge in [0, 0.05) is 25.7 Å². The highest BCUT2D eigenvalue weighted by Crippen LogP contribution is 2.34. The van der Waals surface area contributed by atoms with Crippen molar-refractivity contribution >= 4 is 0 Å². The minimum Gasteiger partial charge on any atom is -0.394 e. The van der Waals surface area contributed by atoms with Gasteiger partial charge in [0.2, 0.25) is 0 Å². The average molecular weight is 298 g/mol. The molecule has 3 N–H and O–H groups in total. The van der Waals surface area contributed by atoms with Gasteiger partial charge in [-0.2, -0.15) is 0 Å². The Labute approximate surface area is 130 Å². The van der Waals surface area contributed by atoms with Crippen molar-refractivity contribution in [1.29, 1.82) is 0 Å². The zero-order chi connectivity index (χ0) is 15.2. The lowest BCUT2D eigenvalue weighted by atomic mass is 9.73. The molecule has 3 atom stereocenters. The zero-order valence-electron chi connectivity index (χ0n) is 13.8. The summed E-state index contributed by atoms with van der Waals surface area (Å²) in [7, 11) is 0. The first kappa shape index (κ1) is 17.2. The van der Waals surface area contributed by atoms with E-state index in [0.717, 1.165) is 44.3 Å². The number of nitrogens with two attached hydrogens (primary N) is 1. The van der Waals surface area contributed by atoms with E-state index in [1.54, 1.807) is 0 Å². The van der Waals surface area contributed by atoms with E-state index in [9.17, 15) is 0 Å². The molecule has 0 aromatic carbocycles. The molecule has 0 amide bonds. The maximum Gasteiger partial charge on any atom is 0.0701 e. The van der Waals surface area contributed by atoms with Gasteiger partial charge in [-0.3, -0.25) is 0 Å². The average Bonchev–Trinajstić information content (AvgIpc) is 2.48. The van der Waals surface area contributed by atoms with Crippen molar-refractivity contribution in [3.63, 3.8) is 0 Å². The number of hydrogen-bond acceptors (Lipinski definition) is 4. The molecular formula is C17H34N2O2. The Morgan fingerprint density at radius 3 is 2.52 bits per heavy atom.